The van der Waals surface area contributed by atoms with Crippen LogP contribution in [0.3, 0.4) is 0 Å². The Labute approximate surface area is 190 Å². The van der Waals surface area contributed by atoms with E-state index >= 15 is 0 Å². The van der Waals surface area contributed by atoms with Crippen LogP contribution in [0, 0.1) is 0 Å². The van der Waals surface area contributed by atoms with Gasteiger partial charge in [0.1, 0.15) is 5.54 Å². The summed E-state index contributed by atoms with van der Waals surface area (Å²) in [7, 11) is 0. The second-order valence-corrected chi connectivity index (χ2v) is 9.38. The van der Waals surface area contributed by atoms with Crippen molar-refractivity contribution in [2.24, 2.45) is 0 Å². The van der Waals surface area contributed by atoms with Gasteiger partial charge in [-0.05, 0) is 39.8 Å². The molecule has 0 unspecified atom stereocenters. The number of hydrogen-bond acceptors (Lipinski definition) is 1. The Balaban J connectivity index is 1.89. The molecule has 158 valence electrons. The molecular weight excluding hydrogens is 388 g/mol. The van der Waals surface area contributed by atoms with Gasteiger partial charge < -0.3 is 4.57 Å². The number of nitrogens with zero attached hydrogens (tertiary/aromatic N) is 2. The van der Waals surface area contributed by atoms with Crippen LogP contribution >= 0.6 is 0 Å². The third kappa shape index (κ3) is 3.23. The maximum absolute atomic E-state index is 4.90. The van der Waals surface area contributed by atoms with E-state index in [2.05, 4.69) is 135 Å². The lowest BCUT2D eigenvalue weighted by Gasteiger charge is -2.38. The molecule has 4 aromatic carbocycles. The van der Waals surface area contributed by atoms with Gasteiger partial charge in [-0.15, -0.1) is 0 Å². The monoisotopic (exact) mass is 416 g/mol. The normalized spacial score (nSPS) is 12.2. The van der Waals surface area contributed by atoms with E-state index in [0.717, 1.165) is 11.0 Å². The Bertz CT molecular complexity index is 1230. The number of rotatable bonds is 4. The number of fused-ring (bicyclic) bond motifs is 1. The fraction of sp³-hybridized carbons (Fsp3) is 0.167. The molecule has 5 rings (SSSR count). The summed E-state index contributed by atoms with van der Waals surface area (Å²) in [5.74, 6) is 0. The van der Waals surface area contributed by atoms with Crippen molar-refractivity contribution >= 4 is 11.0 Å². The Morgan fingerprint density at radius 1 is 0.562 bits per heavy atom. The van der Waals surface area contributed by atoms with E-state index in [-0.39, 0.29) is 5.41 Å². The predicted octanol–water partition coefficient (Wildman–Crippen LogP) is 7.17. The maximum Gasteiger partial charge on any atom is 0.122 e. The van der Waals surface area contributed by atoms with Gasteiger partial charge >= 0.3 is 0 Å². The van der Waals surface area contributed by atoms with Gasteiger partial charge in [0.05, 0.1) is 17.4 Å². The first kappa shape index (κ1) is 20.3. The van der Waals surface area contributed by atoms with Crippen LogP contribution in [0.4, 0.5) is 0 Å². The van der Waals surface area contributed by atoms with E-state index in [9.17, 15) is 0 Å². The zero-order valence-corrected chi connectivity index (χ0v) is 18.9. The molecule has 0 N–H and O–H groups in total. The van der Waals surface area contributed by atoms with Crippen molar-refractivity contribution in [1.29, 1.82) is 0 Å². The zero-order valence-electron chi connectivity index (χ0n) is 18.9. The van der Waals surface area contributed by atoms with Crippen molar-refractivity contribution < 1.29 is 0 Å². The Morgan fingerprint density at radius 3 is 1.47 bits per heavy atom. The first-order chi connectivity index (χ1) is 15.5. The summed E-state index contributed by atoms with van der Waals surface area (Å²) < 4.78 is 2.34. The van der Waals surface area contributed by atoms with Crippen molar-refractivity contribution in [3.8, 4) is 0 Å². The third-order valence-electron chi connectivity index (χ3n) is 6.35. The van der Waals surface area contributed by atoms with E-state index in [1.165, 1.54) is 22.3 Å². The largest absolute Gasteiger partial charge is 0.312 e. The lowest BCUT2D eigenvalue weighted by atomic mass is 9.76. The molecule has 0 fully saturated rings. The third-order valence-corrected chi connectivity index (χ3v) is 6.35. The predicted molar refractivity (Wildman–Crippen MR) is 133 cm³/mol. The molecule has 1 aromatic heterocycles. The highest BCUT2D eigenvalue weighted by atomic mass is 15.1. The molecule has 32 heavy (non-hydrogen) atoms. The van der Waals surface area contributed by atoms with Gasteiger partial charge in [0.25, 0.3) is 0 Å². The number of aromatic nitrogens is 2. The summed E-state index contributed by atoms with van der Waals surface area (Å²) in [6.45, 7) is 6.73. The van der Waals surface area contributed by atoms with Crippen molar-refractivity contribution in [3.63, 3.8) is 0 Å². The number of hydrogen-bond donors (Lipinski definition) is 0. The van der Waals surface area contributed by atoms with Gasteiger partial charge in [0, 0.05) is 0 Å². The molecule has 5 aromatic rings. The van der Waals surface area contributed by atoms with Crippen LogP contribution < -0.4 is 0 Å². The molecule has 0 amide bonds. The molecule has 0 spiro atoms. The lowest BCUT2D eigenvalue weighted by molar-refractivity contribution is 0.529. The highest BCUT2D eigenvalue weighted by Crippen LogP contribution is 2.42. The van der Waals surface area contributed by atoms with Crippen LogP contribution in [-0.2, 0) is 11.0 Å². The molecule has 0 aliphatic rings. The van der Waals surface area contributed by atoms with Crippen molar-refractivity contribution in [3.05, 3.63) is 138 Å². The first-order valence-corrected chi connectivity index (χ1v) is 11.2. The minimum Gasteiger partial charge on any atom is -0.312 e. The summed E-state index contributed by atoms with van der Waals surface area (Å²) in [6.07, 6.45) is 2.00. The Kier molecular flexibility index (Phi) is 4.94. The zero-order chi connectivity index (χ0) is 22.2. The van der Waals surface area contributed by atoms with Crippen LogP contribution in [0.5, 0.6) is 0 Å². The Hall–Kier alpha value is -3.65. The second kappa shape index (κ2) is 7.80. The summed E-state index contributed by atoms with van der Waals surface area (Å²) in [6, 6.07) is 38.9. The van der Waals surface area contributed by atoms with Crippen molar-refractivity contribution in [1.82, 2.24) is 9.55 Å². The first-order valence-electron chi connectivity index (χ1n) is 11.2. The minimum atomic E-state index is -0.540. The molecule has 0 aliphatic carbocycles. The van der Waals surface area contributed by atoms with Gasteiger partial charge in [-0.3, -0.25) is 0 Å². The topological polar surface area (TPSA) is 17.8 Å². The lowest BCUT2D eigenvalue weighted by Crippen LogP contribution is -2.37. The summed E-state index contributed by atoms with van der Waals surface area (Å²) in [5, 5.41) is 0. The van der Waals surface area contributed by atoms with Crippen molar-refractivity contribution in [2.75, 3.05) is 0 Å². The van der Waals surface area contributed by atoms with Gasteiger partial charge in [-0.1, -0.05) is 118 Å². The standard InChI is InChI=1S/C30H28N2/c1-29(2,3)26-19-20-28-27(21-26)31-22-32(28)30(23-13-7-4-8-14-23,24-15-9-5-10-16-24)25-17-11-6-12-18-25/h4-22H,1-3H3. The van der Waals surface area contributed by atoms with Gasteiger partial charge in [-0.25, -0.2) is 4.98 Å². The van der Waals surface area contributed by atoms with Gasteiger partial charge in [-0.2, -0.15) is 0 Å². The number of imidazole rings is 1. The average molecular weight is 417 g/mol. The molecular formula is C30H28N2. The SMILES string of the molecule is CC(C)(C)c1ccc2c(c1)ncn2C(c1ccccc1)(c1ccccc1)c1ccccc1. The summed E-state index contributed by atoms with van der Waals surface area (Å²) in [5.41, 5.74) is 6.58. The molecule has 0 radical (unpaired) electrons. The molecule has 0 bridgehead atoms. The average Bonchev–Trinajstić information content (AvgIpc) is 3.25. The molecule has 0 aliphatic heterocycles. The van der Waals surface area contributed by atoms with E-state index in [0.29, 0.717) is 0 Å². The van der Waals surface area contributed by atoms with Crippen LogP contribution in [-0.4, -0.2) is 9.55 Å². The molecule has 2 heteroatoms. The van der Waals surface area contributed by atoms with Crippen LogP contribution in [0.15, 0.2) is 116 Å². The van der Waals surface area contributed by atoms with Crippen LogP contribution in [0.2, 0.25) is 0 Å². The molecule has 0 atom stereocenters. The van der Waals surface area contributed by atoms with Gasteiger partial charge in [0.2, 0.25) is 0 Å². The molecule has 0 saturated carbocycles. The summed E-state index contributed by atoms with van der Waals surface area (Å²) in [4.78, 5) is 4.90. The maximum atomic E-state index is 4.90. The Morgan fingerprint density at radius 2 is 1.03 bits per heavy atom. The van der Waals surface area contributed by atoms with E-state index < -0.39 is 5.54 Å². The summed E-state index contributed by atoms with van der Waals surface area (Å²) >= 11 is 0. The van der Waals surface area contributed by atoms with Crippen LogP contribution in [0.25, 0.3) is 11.0 Å². The molecule has 1 heterocycles. The molecule has 2 nitrogen and oxygen atoms in total. The minimum absolute atomic E-state index is 0.0767. The van der Waals surface area contributed by atoms with E-state index in [4.69, 9.17) is 4.98 Å². The fourth-order valence-electron chi connectivity index (χ4n) is 4.70. The van der Waals surface area contributed by atoms with Gasteiger partial charge in [0.15, 0.2) is 0 Å². The van der Waals surface area contributed by atoms with Crippen LogP contribution in [0.1, 0.15) is 43.0 Å². The second-order valence-electron chi connectivity index (χ2n) is 9.38. The number of benzene rings is 4. The van der Waals surface area contributed by atoms with E-state index in [1.54, 1.807) is 0 Å². The molecule has 0 saturated heterocycles. The van der Waals surface area contributed by atoms with Crippen molar-refractivity contribution in [2.45, 2.75) is 31.7 Å². The fourth-order valence-corrected chi connectivity index (χ4v) is 4.70. The van der Waals surface area contributed by atoms with E-state index in [1.807, 2.05) is 6.33 Å². The highest BCUT2D eigenvalue weighted by Gasteiger charge is 2.39. The highest BCUT2D eigenvalue weighted by molar-refractivity contribution is 5.78. The smallest absolute Gasteiger partial charge is 0.122 e. The quantitative estimate of drug-likeness (QED) is 0.284.